The molecule has 0 bridgehead atoms. The van der Waals surface area contributed by atoms with Crippen LogP contribution in [0.5, 0.6) is 0 Å². The Kier molecular flexibility index (Phi) is 5.77. The molecule has 1 saturated carbocycles. The summed E-state index contributed by atoms with van der Waals surface area (Å²) in [5.41, 5.74) is 0.615. The number of ether oxygens (including phenoxy) is 1. The van der Waals surface area contributed by atoms with Crippen molar-refractivity contribution in [2.45, 2.75) is 57.2 Å². The third kappa shape index (κ3) is 3.40. The first-order chi connectivity index (χ1) is 10.6. The van der Waals surface area contributed by atoms with Crippen molar-refractivity contribution in [3.05, 3.63) is 35.6 Å². The summed E-state index contributed by atoms with van der Waals surface area (Å²) in [6.07, 6.45) is 2.58. The van der Waals surface area contributed by atoms with E-state index >= 15 is 0 Å². The van der Waals surface area contributed by atoms with Gasteiger partial charge in [-0.05, 0) is 30.9 Å². The van der Waals surface area contributed by atoms with Crippen molar-refractivity contribution in [3.8, 4) is 0 Å². The molecule has 0 saturated heterocycles. The first-order valence-corrected chi connectivity index (χ1v) is 7.88. The van der Waals surface area contributed by atoms with Gasteiger partial charge in [0, 0.05) is 19.1 Å². The molecular weight excluding hydrogens is 285 g/mol. The van der Waals surface area contributed by atoms with Crippen molar-refractivity contribution >= 4 is 6.09 Å². The summed E-state index contributed by atoms with van der Waals surface area (Å²) in [5.74, 6) is -0.370. The summed E-state index contributed by atoms with van der Waals surface area (Å²) in [6, 6.07) is 6.44. The highest BCUT2D eigenvalue weighted by Crippen LogP contribution is 2.38. The molecule has 5 heteroatoms. The molecule has 2 rings (SSSR count). The van der Waals surface area contributed by atoms with Crippen LogP contribution in [-0.2, 0) is 4.74 Å². The average molecular weight is 309 g/mol. The number of halogens is 1. The lowest BCUT2D eigenvalue weighted by atomic mass is 9.79. The number of methoxy groups -OCH3 is 1. The van der Waals surface area contributed by atoms with E-state index in [1.807, 2.05) is 13.0 Å². The van der Waals surface area contributed by atoms with Gasteiger partial charge in [-0.1, -0.05) is 38.0 Å². The molecule has 1 amide bonds. The molecule has 1 fully saturated rings. The van der Waals surface area contributed by atoms with E-state index in [1.165, 1.54) is 18.1 Å². The highest BCUT2D eigenvalue weighted by molar-refractivity contribution is 5.66. The minimum Gasteiger partial charge on any atom is -0.465 e. The van der Waals surface area contributed by atoms with E-state index in [0.29, 0.717) is 12.0 Å². The third-order valence-corrected chi connectivity index (χ3v) is 4.54. The predicted octanol–water partition coefficient (Wildman–Crippen LogP) is 4.21. The summed E-state index contributed by atoms with van der Waals surface area (Å²) in [7, 11) is 1.52. The van der Waals surface area contributed by atoms with Gasteiger partial charge in [-0.25, -0.2) is 9.18 Å². The van der Waals surface area contributed by atoms with Gasteiger partial charge in [-0.2, -0.15) is 0 Å². The van der Waals surface area contributed by atoms with Crippen LogP contribution in [0.1, 0.15) is 50.5 Å². The Labute approximate surface area is 130 Å². The van der Waals surface area contributed by atoms with E-state index in [-0.39, 0.29) is 17.8 Å². The predicted molar refractivity (Wildman–Crippen MR) is 82.3 cm³/mol. The molecule has 1 aromatic rings. The Balaban J connectivity index is 2.35. The van der Waals surface area contributed by atoms with Crippen LogP contribution >= 0.6 is 0 Å². The van der Waals surface area contributed by atoms with E-state index in [9.17, 15) is 14.3 Å². The number of carboxylic acid groups (broad SMARTS) is 1. The summed E-state index contributed by atoms with van der Waals surface area (Å²) >= 11 is 0. The Morgan fingerprint density at radius 2 is 2.09 bits per heavy atom. The molecular formula is C17H24FNO3. The zero-order chi connectivity index (χ0) is 16.1. The lowest BCUT2D eigenvalue weighted by molar-refractivity contribution is -0.0538. The van der Waals surface area contributed by atoms with E-state index in [0.717, 1.165) is 25.7 Å². The highest BCUT2D eigenvalue weighted by atomic mass is 19.1. The van der Waals surface area contributed by atoms with Gasteiger partial charge in [0.2, 0.25) is 0 Å². The van der Waals surface area contributed by atoms with Crippen LogP contribution in [0.2, 0.25) is 0 Å². The fourth-order valence-corrected chi connectivity index (χ4v) is 3.54. The molecule has 3 atom stereocenters. The molecule has 0 radical (unpaired) electrons. The highest BCUT2D eigenvalue weighted by Gasteiger charge is 2.38. The molecule has 0 aromatic heterocycles. The second kappa shape index (κ2) is 7.58. The molecule has 122 valence electrons. The van der Waals surface area contributed by atoms with Crippen molar-refractivity contribution in [2.24, 2.45) is 0 Å². The summed E-state index contributed by atoms with van der Waals surface area (Å²) in [5, 5.41) is 9.64. The van der Waals surface area contributed by atoms with Crippen molar-refractivity contribution in [3.63, 3.8) is 0 Å². The normalized spacial score (nSPS) is 23.0. The Bertz CT molecular complexity index is 504. The lowest BCUT2D eigenvalue weighted by Gasteiger charge is -2.41. The maximum Gasteiger partial charge on any atom is 0.409 e. The molecule has 0 heterocycles. The fraction of sp³-hybridized carbons (Fsp3) is 0.588. The quantitative estimate of drug-likeness (QED) is 0.829. The van der Waals surface area contributed by atoms with Crippen LogP contribution in [0.4, 0.5) is 9.18 Å². The van der Waals surface area contributed by atoms with Gasteiger partial charge >= 0.3 is 6.09 Å². The first kappa shape index (κ1) is 16.7. The fourth-order valence-electron chi connectivity index (χ4n) is 3.54. The topological polar surface area (TPSA) is 49.8 Å². The van der Waals surface area contributed by atoms with E-state index in [1.54, 1.807) is 12.1 Å². The summed E-state index contributed by atoms with van der Waals surface area (Å²) < 4.78 is 19.5. The van der Waals surface area contributed by atoms with Crippen molar-refractivity contribution in [1.82, 2.24) is 4.90 Å². The van der Waals surface area contributed by atoms with Gasteiger partial charge in [0.15, 0.2) is 0 Å². The summed E-state index contributed by atoms with van der Waals surface area (Å²) in [6.45, 7) is 1.89. The van der Waals surface area contributed by atoms with Crippen molar-refractivity contribution < 1.29 is 19.0 Å². The first-order valence-electron chi connectivity index (χ1n) is 7.88. The minimum atomic E-state index is -0.998. The van der Waals surface area contributed by atoms with E-state index < -0.39 is 12.3 Å². The standard InChI is InChI=1S/C17H24FNO3/c1-3-16(22-2)19(17(20)21)15-11-7-5-9-13(15)12-8-4-6-10-14(12)18/h4,6,8,10,13,15-16H,3,5,7,9,11H2,1-2H3,(H,20,21)/t13-,15-,16?/m0/s1. The van der Waals surface area contributed by atoms with Crippen LogP contribution in [0.25, 0.3) is 0 Å². The molecule has 0 spiro atoms. The average Bonchev–Trinajstić information content (AvgIpc) is 2.53. The molecule has 0 aliphatic heterocycles. The maximum atomic E-state index is 14.2. The molecule has 22 heavy (non-hydrogen) atoms. The van der Waals surface area contributed by atoms with Crippen LogP contribution in [-0.4, -0.2) is 35.5 Å². The van der Waals surface area contributed by atoms with Gasteiger partial charge in [0.05, 0.1) is 0 Å². The van der Waals surface area contributed by atoms with Gasteiger partial charge in [-0.3, -0.25) is 4.90 Å². The van der Waals surface area contributed by atoms with Crippen LogP contribution in [0.15, 0.2) is 24.3 Å². The smallest absolute Gasteiger partial charge is 0.409 e. The second-order valence-corrected chi connectivity index (χ2v) is 5.77. The molecule has 1 unspecified atom stereocenters. The number of carbonyl (C=O) groups is 1. The Morgan fingerprint density at radius 3 is 2.68 bits per heavy atom. The molecule has 1 aromatic carbocycles. The number of nitrogens with zero attached hydrogens (tertiary/aromatic N) is 1. The Hall–Kier alpha value is -1.62. The van der Waals surface area contributed by atoms with Crippen LogP contribution in [0, 0.1) is 5.82 Å². The van der Waals surface area contributed by atoms with Crippen LogP contribution < -0.4 is 0 Å². The number of benzene rings is 1. The van der Waals surface area contributed by atoms with Gasteiger partial charge in [-0.15, -0.1) is 0 Å². The Morgan fingerprint density at radius 1 is 1.41 bits per heavy atom. The monoisotopic (exact) mass is 309 g/mol. The molecule has 1 aliphatic rings. The SMILES string of the molecule is CCC(OC)N(C(=O)O)[C@H]1CCCC[C@H]1c1ccccc1F. The second-order valence-electron chi connectivity index (χ2n) is 5.77. The van der Waals surface area contributed by atoms with Crippen molar-refractivity contribution in [1.29, 1.82) is 0 Å². The molecule has 1 N–H and O–H groups in total. The maximum absolute atomic E-state index is 14.2. The van der Waals surface area contributed by atoms with Crippen LogP contribution in [0.3, 0.4) is 0 Å². The number of rotatable bonds is 5. The lowest BCUT2D eigenvalue weighted by Crippen LogP contribution is -2.50. The van der Waals surface area contributed by atoms with Gasteiger partial charge in [0.1, 0.15) is 12.0 Å². The third-order valence-electron chi connectivity index (χ3n) is 4.54. The number of hydrogen-bond donors (Lipinski definition) is 1. The number of hydrogen-bond acceptors (Lipinski definition) is 2. The largest absolute Gasteiger partial charge is 0.465 e. The number of amides is 1. The summed E-state index contributed by atoms with van der Waals surface area (Å²) in [4.78, 5) is 13.2. The minimum absolute atomic E-state index is 0.116. The van der Waals surface area contributed by atoms with E-state index in [2.05, 4.69) is 0 Å². The molecule has 1 aliphatic carbocycles. The van der Waals surface area contributed by atoms with Crippen molar-refractivity contribution in [2.75, 3.05) is 7.11 Å². The van der Waals surface area contributed by atoms with Gasteiger partial charge < -0.3 is 9.84 Å². The zero-order valence-electron chi connectivity index (χ0n) is 13.2. The van der Waals surface area contributed by atoms with E-state index in [4.69, 9.17) is 4.74 Å². The van der Waals surface area contributed by atoms with Gasteiger partial charge in [0.25, 0.3) is 0 Å². The molecule has 4 nitrogen and oxygen atoms in total. The zero-order valence-corrected chi connectivity index (χ0v) is 13.2.